The van der Waals surface area contributed by atoms with Gasteiger partial charge in [-0.2, -0.15) is 5.10 Å². The number of aromatic nitrogens is 2. The standard InChI is InChI=1S/C18H21N3O4/c1-2-3-10-21-17(22)9-8-14(20-21)18(23)19-11-13-12-24-15-6-4-5-7-16(15)25-13/h4-9,13H,2-3,10-12H2,1H3,(H,19,23). The number of hydrogen-bond acceptors (Lipinski definition) is 5. The van der Waals surface area contributed by atoms with E-state index in [1.54, 1.807) is 0 Å². The average molecular weight is 343 g/mol. The minimum Gasteiger partial charge on any atom is -0.486 e. The summed E-state index contributed by atoms with van der Waals surface area (Å²) in [6, 6.07) is 10.2. The van der Waals surface area contributed by atoms with Crippen LogP contribution in [0.3, 0.4) is 0 Å². The first-order valence-corrected chi connectivity index (χ1v) is 8.42. The molecule has 0 radical (unpaired) electrons. The van der Waals surface area contributed by atoms with E-state index in [0.29, 0.717) is 31.2 Å². The fraction of sp³-hybridized carbons (Fsp3) is 0.389. The Balaban J connectivity index is 1.59. The summed E-state index contributed by atoms with van der Waals surface area (Å²) in [7, 11) is 0. The molecule has 25 heavy (non-hydrogen) atoms. The largest absolute Gasteiger partial charge is 0.486 e. The summed E-state index contributed by atoms with van der Waals surface area (Å²) in [5.41, 5.74) is 0.0125. The highest BCUT2D eigenvalue weighted by atomic mass is 16.6. The number of nitrogens with one attached hydrogen (secondary N) is 1. The molecule has 1 N–H and O–H groups in total. The molecule has 3 rings (SSSR count). The van der Waals surface area contributed by atoms with Gasteiger partial charge in [0.1, 0.15) is 18.4 Å². The molecular formula is C18H21N3O4. The number of carbonyl (C=O) groups is 1. The van der Waals surface area contributed by atoms with Gasteiger partial charge in [0.25, 0.3) is 11.5 Å². The molecule has 7 heteroatoms. The first-order valence-electron chi connectivity index (χ1n) is 8.42. The van der Waals surface area contributed by atoms with E-state index in [1.807, 2.05) is 31.2 Å². The van der Waals surface area contributed by atoms with E-state index in [1.165, 1.54) is 16.8 Å². The number of ether oxygens (including phenoxy) is 2. The molecule has 1 aliphatic rings. The second-order valence-electron chi connectivity index (χ2n) is 5.84. The second kappa shape index (κ2) is 7.83. The quantitative estimate of drug-likeness (QED) is 0.862. The maximum absolute atomic E-state index is 12.3. The van der Waals surface area contributed by atoms with Crippen molar-refractivity contribution in [3.63, 3.8) is 0 Å². The highest BCUT2D eigenvalue weighted by Crippen LogP contribution is 2.30. The van der Waals surface area contributed by atoms with Crippen LogP contribution in [0.2, 0.25) is 0 Å². The van der Waals surface area contributed by atoms with E-state index in [4.69, 9.17) is 9.47 Å². The average Bonchev–Trinajstić information content (AvgIpc) is 2.65. The van der Waals surface area contributed by atoms with Gasteiger partial charge >= 0.3 is 0 Å². The van der Waals surface area contributed by atoms with Gasteiger partial charge in [0, 0.05) is 12.6 Å². The Kier molecular flexibility index (Phi) is 5.33. The minimum atomic E-state index is -0.340. The SMILES string of the molecule is CCCCn1nc(C(=O)NCC2COc3ccccc3O2)ccc1=O. The van der Waals surface area contributed by atoms with Gasteiger partial charge in [0.15, 0.2) is 11.5 Å². The number of amides is 1. The Morgan fingerprint density at radius 1 is 1.28 bits per heavy atom. The van der Waals surface area contributed by atoms with Crippen LogP contribution in [0.1, 0.15) is 30.3 Å². The third kappa shape index (κ3) is 4.17. The summed E-state index contributed by atoms with van der Waals surface area (Å²) in [5.74, 6) is 1.03. The lowest BCUT2D eigenvalue weighted by molar-refractivity contribution is 0.0785. The van der Waals surface area contributed by atoms with Crippen molar-refractivity contribution in [2.75, 3.05) is 13.2 Å². The normalized spacial score (nSPS) is 15.6. The molecule has 0 saturated heterocycles. The number of aryl methyl sites for hydroxylation is 1. The topological polar surface area (TPSA) is 82.5 Å². The molecule has 1 amide bonds. The van der Waals surface area contributed by atoms with Crippen molar-refractivity contribution in [3.05, 3.63) is 52.4 Å². The van der Waals surface area contributed by atoms with Crippen LogP contribution in [-0.4, -0.2) is 34.9 Å². The minimum absolute atomic E-state index is 0.203. The third-order valence-corrected chi connectivity index (χ3v) is 3.88. The molecule has 7 nitrogen and oxygen atoms in total. The number of hydrogen-bond donors (Lipinski definition) is 1. The molecule has 0 aliphatic carbocycles. The van der Waals surface area contributed by atoms with E-state index >= 15 is 0 Å². The molecule has 2 heterocycles. The number of carbonyl (C=O) groups excluding carboxylic acids is 1. The van der Waals surface area contributed by atoms with Crippen LogP contribution in [0.5, 0.6) is 11.5 Å². The molecule has 132 valence electrons. The zero-order valence-corrected chi connectivity index (χ0v) is 14.1. The summed E-state index contributed by atoms with van der Waals surface area (Å²) in [5, 5.41) is 6.91. The molecule has 1 aromatic heterocycles. The zero-order chi connectivity index (χ0) is 17.6. The molecule has 0 fully saturated rings. The van der Waals surface area contributed by atoms with E-state index in [9.17, 15) is 9.59 Å². The number of para-hydroxylation sites is 2. The first-order chi connectivity index (χ1) is 12.2. The van der Waals surface area contributed by atoms with E-state index in [0.717, 1.165) is 12.8 Å². The smallest absolute Gasteiger partial charge is 0.271 e. The molecule has 2 aromatic rings. The Labute approximate surface area is 145 Å². The highest BCUT2D eigenvalue weighted by Gasteiger charge is 2.21. The van der Waals surface area contributed by atoms with Gasteiger partial charge < -0.3 is 14.8 Å². The Morgan fingerprint density at radius 3 is 2.88 bits per heavy atom. The Hall–Kier alpha value is -2.83. The van der Waals surface area contributed by atoms with Gasteiger partial charge in [-0.1, -0.05) is 25.5 Å². The van der Waals surface area contributed by atoms with Crippen molar-refractivity contribution in [2.24, 2.45) is 0 Å². The number of unbranched alkanes of at least 4 members (excludes halogenated alkanes) is 1. The zero-order valence-electron chi connectivity index (χ0n) is 14.1. The maximum atomic E-state index is 12.3. The first kappa shape index (κ1) is 17.0. The van der Waals surface area contributed by atoms with Crippen molar-refractivity contribution in [1.82, 2.24) is 15.1 Å². The predicted molar refractivity (Wildman–Crippen MR) is 92.1 cm³/mol. The molecule has 1 unspecified atom stereocenters. The number of nitrogens with zero attached hydrogens (tertiary/aromatic N) is 2. The van der Waals surface area contributed by atoms with E-state index < -0.39 is 0 Å². The van der Waals surface area contributed by atoms with Gasteiger partial charge in [-0.15, -0.1) is 0 Å². The van der Waals surface area contributed by atoms with Crippen molar-refractivity contribution < 1.29 is 14.3 Å². The van der Waals surface area contributed by atoms with Crippen LogP contribution in [0.15, 0.2) is 41.2 Å². The second-order valence-corrected chi connectivity index (χ2v) is 5.84. The summed E-state index contributed by atoms with van der Waals surface area (Å²) in [4.78, 5) is 24.0. The van der Waals surface area contributed by atoms with Gasteiger partial charge in [0.2, 0.25) is 0 Å². The van der Waals surface area contributed by atoms with Gasteiger partial charge in [0.05, 0.1) is 6.54 Å². The van der Waals surface area contributed by atoms with Crippen molar-refractivity contribution in [2.45, 2.75) is 32.4 Å². The van der Waals surface area contributed by atoms with Crippen molar-refractivity contribution >= 4 is 5.91 Å². The number of benzene rings is 1. The van der Waals surface area contributed by atoms with Crippen LogP contribution >= 0.6 is 0 Å². The molecule has 1 aromatic carbocycles. The van der Waals surface area contributed by atoms with Gasteiger partial charge in [-0.25, -0.2) is 4.68 Å². The maximum Gasteiger partial charge on any atom is 0.271 e. The Morgan fingerprint density at radius 2 is 2.08 bits per heavy atom. The lowest BCUT2D eigenvalue weighted by Crippen LogP contribution is -2.41. The molecule has 0 bridgehead atoms. The van der Waals surface area contributed by atoms with Gasteiger partial charge in [-0.05, 0) is 24.6 Å². The van der Waals surface area contributed by atoms with Gasteiger partial charge in [-0.3, -0.25) is 9.59 Å². The van der Waals surface area contributed by atoms with Crippen LogP contribution in [0, 0.1) is 0 Å². The fourth-order valence-electron chi connectivity index (χ4n) is 2.50. The van der Waals surface area contributed by atoms with E-state index in [2.05, 4.69) is 10.4 Å². The molecule has 1 atom stereocenters. The summed E-state index contributed by atoms with van der Waals surface area (Å²) in [6.07, 6.45) is 1.51. The summed E-state index contributed by atoms with van der Waals surface area (Å²) in [6.45, 7) is 3.20. The van der Waals surface area contributed by atoms with Crippen LogP contribution in [-0.2, 0) is 6.54 Å². The summed E-state index contributed by atoms with van der Waals surface area (Å²) < 4.78 is 12.7. The molecule has 0 saturated carbocycles. The fourth-order valence-corrected chi connectivity index (χ4v) is 2.50. The van der Waals surface area contributed by atoms with Crippen LogP contribution in [0.4, 0.5) is 0 Å². The number of fused-ring (bicyclic) bond motifs is 1. The van der Waals surface area contributed by atoms with Crippen molar-refractivity contribution in [3.8, 4) is 11.5 Å². The molecular weight excluding hydrogens is 322 g/mol. The Bertz CT molecular complexity index is 803. The lowest BCUT2D eigenvalue weighted by Gasteiger charge is -2.26. The van der Waals surface area contributed by atoms with E-state index in [-0.39, 0.29) is 23.3 Å². The molecule has 1 aliphatic heterocycles. The van der Waals surface area contributed by atoms with Crippen LogP contribution in [0.25, 0.3) is 0 Å². The monoisotopic (exact) mass is 343 g/mol. The summed E-state index contributed by atoms with van der Waals surface area (Å²) >= 11 is 0. The molecule has 0 spiro atoms. The highest BCUT2D eigenvalue weighted by molar-refractivity contribution is 5.92. The predicted octanol–water partition coefficient (Wildman–Crippen LogP) is 1.61. The third-order valence-electron chi connectivity index (χ3n) is 3.88. The van der Waals surface area contributed by atoms with Crippen molar-refractivity contribution in [1.29, 1.82) is 0 Å². The van der Waals surface area contributed by atoms with Crippen LogP contribution < -0.4 is 20.3 Å². The lowest BCUT2D eigenvalue weighted by atomic mass is 10.2. The number of rotatable bonds is 6.